The van der Waals surface area contributed by atoms with Gasteiger partial charge in [-0.05, 0) is 31.5 Å². The van der Waals surface area contributed by atoms with Crippen LogP contribution in [0.3, 0.4) is 0 Å². The van der Waals surface area contributed by atoms with Crippen molar-refractivity contribution in [2.45, 2.75) is 19.3 Å². The Morgan fingerprint density at radius 3 is 2.86 bits per heavy atom. The predicted octanol–water partition coefficient (Wildman–Crippen LogP) is 3.61. The van der Waals surface area contributed by atoms with E-state index in [1.54, 1.807) is 6.33 Å². The van der Waals surface area contributed by atoms with Crippen LogP contribution in [-0.4, -0.2) is 19.5 Å². The van der Waals surface area contributed by atoms with Gasteiger partial charge in [-0.25, -0.2) is 9.97 Å². The molecule has 1 aliphatic rings. The van der Waals surface area contributed by atoms with Gasteiger partial charge < -0.3 is 4.57 Å². The van der Waals surface area contributed by atoms with Gasteiger partial charge in [0.25, 0.3) is 0 Å². The SMILES string of the molecule is CC1(C)c2ncncc2-n2c3cccnc3c3cccc1c32. The largest absolute Gasteiger partial charge is 0.304 e. The zero-order valence-corrected chi connectivity index (χ0v) is 12.4. The Bertz CT molecular complexity index is 1060. The van der Waals surface area contributed by atoms with Crippen LogP contribution in [0, 0.1) is 0 Å². The lowest BCUT2D eigenvalue weighted by Gasteiger charge is -2.32. The average molecular weight is 286 g/mol. The van der Waals surface area contributed by atoms with Gasteiger partial charge in [0.2, 0.25) is 0 Å². The maximum Gasteiger partial charge on any atom is 0.115 e. The molecule has 0 spiro atoms. The van der Waals surface area contributed by atoms with Gasteiger partial charge in [0.1, 0.15) is 6.33 Å². The molecule has 0 fully saturated rings. The summed E-state index contributed by atoms with van der Waals surface area (Å²) < 4.78 is 2.26. The minimum Gasteiger partial charge on any atom is -0.304 e. The zero-order chi connectivity index (χ0) is 14.9. The van der Waals surface area contributed by atoms with Crippen LogP contribution in [0.15, 0.2) is 49.1 Å². The van der Waals surface area contributed by atoms with Crippen LogP contribution in [0.25, 0.3) is 27.6 Å². The number of hydrogen-bond donors (Lipinski definition) is 0. The Morgan fingerprint density at radius 2 is 1.95 bits per heavy atom. The molecule has 5 rings (SSSR count). The van der Waals surface area contributed by atoms with Crippen molar-refractivity contribution in [3.05, 3.63) is 60.3 Å². The molecule has 22 heavy (non-hydrogen) atoms. The van der Waals surface area contributed by atoms with E-state index in [0.717, 1.165) is 22.4 Å². The first kappa shape index (κ1) is 11.9. The maximum absolute atomic E-state index is 4.61. The minimum absolute atomic E-state index is 0.151. The third kappa shape index (κ3) is 1.21. The van der Waals surface area contributed by atoms with Gasteiger partial charge >= 0.3 is 0 Å². The molecule has 106 valence electrons. The summed E-state index contributed by atoms with van der Waals surface area (Å²) in [4.78, 5) is 13.5. The first-order valence-corrected chi connectivity index (χ1v) is 7.39. The van der Waals surface area contributed by atoms with Gasteiger partial charge in [0.05, 0.1) is 34.1 Å². The molecule has 1 aromatic carbocycles. The molecule has 4 aromatic rings. The summed E-state index contributed by atoms with van der Waals surface area (Å²) in [6, 6.07) is 10.6. The third-order valence-electron chi connectivity index (χ3n) is 4.74. The minimum atomic E-state index is -0.151. The fraction of sp³-hybridized carbons (Fsp3) is 0.167. The summed E-state index contributed by atoms with van der Waals surface area (Å²) in [5, 5.41) is 1.19. The van der Waals surface area contributed by atoms with Gasteiger partial charge in [0.15, 0.2) is 0 Å². The summed E-state index contributed by atoms with van der Waals surface area (Å²) in [6.07, 6.45) is 5.39. The number of para-hydroxylation sites is 1. The second-order valence-corrected chi connectivity index (χ2v) is 6.29. The molecule has 0 N–H and O–H groups in total. The van der Waals surface area contributed by atoms with Crippen LogP contribution in [0.2, 0.25) is 0 Å². The van der Waals surface area contributed by atoms with Gasteiger partial charge in [-0.15, -0.1) is 0 Å². The fourth-order valence-electron chi connectivity index (χ4n) is 3.73. The smallest absolute Gasteiger partial charge is 0.115 e. The Hall–Kier alpha value is -2.75. The molecule has 0 bridgehead atoms. The van der Waals surface area contributed by atoms with Crippen molar-refractivity contribution in [2.75, 3.05) is 0 Å². The topological polar surface area (TPSA) is 43.6 Å². The van der Waals surface area contributed by atoms with E-state index in [0.29, 0.717) is 0 Å². The van der Waals surface area contributed by atoms with Crippen molar-refractivity contribution in [2.24, 2.45) is 0 Å². The lowest BCUT2D eigenvalue weighted by atomic mass is 9.78. The van der Waals surface area contributed by atoms with Crippen LogP contribution < -0.4 is 0 Å². The number of hydrogen-bond acceptors (Lipinski definition) is 3. The van der Waals surface area contributed by atoms with Crippen molar-refractivity contribution in [1.82, 2.24) is 19.5 Å². The maximum atomic E-state index is 4.61. The predicted molar refractivity (Wildman–Crippen MR) is 86.3 cm³/mol. The van der Waals surface area contributed by atoms with Crippen molar-refractivity contribution < 1.29 is 0 Å². The molecular formula is C18H14N4. The van der Waals surface area contributed by atoms with Gasteiger partial charge in [-0.1, -0.05) is 18.2 Å². The summed E-state index contributed by atoms with van der Waals surface area (Å²) in [6.45, 7) is 4.45. The zero-order valence-electron chi connectivity index (χ0n) is 12.4. The second kappa shape index (κ2) is 3.71. The lowest BCUT2D eigenvalue weighted by Crippen LogP contribution is -2.27. The van der Waals surface area contributed by atoms with Crippen molar-refractivity contribution in [3.8, 4) is 5.69 Å². The van der Waals surface area contributed by atoms with E-state index in [2.05, 4.69) is 57.6 Å². The first-order chi connectivity index (χ1) is 10.7. The number of nitrogens with zero attached hydrogens (tertiary/aromatic N) is 4. The Balaban J connectivity index is 2.15. The van der Waals surface area contributed by atoms with E-state index in [4.69, 9.17) is 0 Å². The van der Waals surface area contributed by atoms with Gasteiger partial charge in [-0.3, -0.25) is 4.98 Å². The summed E-state index contributed by atoms with van der Waals surface area (Å²) in [5.41, 5.74) is 6.62. The molecule has 3 aromatic heterocycles. The Morgan fingerprint density at radius 1 is 1.05 bits per heavy atom. The molecule has 4 heteroatoms. The standard InChI is InChI=1S/C18H14N4/c1-18(2)12-6-3-5-11-15-13(7-4-8-20-15)22(16(11)12)14-9-19-10-21-17(14)18/h3-10H,1-2H3. The highest BCUT2D eigenvalue weighted by molar-refractivity contribution is 6.09. The molecule has 0 aliphatic carbocycles. The summed E-state index contributed by atoms with van der Waals surface area (Å²) >= 11 is 0. The highest BCUT2D eigenvalue weighted by atomic mass is 15.1. The first-order valence-electron chi connectivity index (χ1n) is 7.39. The molecule has 0 amide bonds. The van der Waals surface area contributed by atoms with E-state index >= 15 is 0 Å². The number of aromatic nitrogens is 4. The number of pyridine rings is 1. The Labute approximate surface area is 127 Å². The highest BCUT2D eigenvalue weighted by Gasteiger charge is 2.36. The van der Waals surface area contributed by atoms with E-state index in [-0.39, 0.29) is 5.41 Å². The third-order valence-corrected chi connectivity index (χ3v) is 4.74. The van der Waals surface area contributed by atoms with Crippen molar-refractivity contribution >= 4 is 21.9 Å². The monoisotopic (exact) mass is 286 g/mol. The second-order valence-electron chi connectivity index (χ2n) is 6.29. The van der Waals surface area contributed by atoms with Crippen LogP contribution in [0.1, 0.15) is 25.1 Å². The van der Waals surface area contributed by atoms with Gasteiger partial charge in [-0.2, -0.15) is 0 Å². The van der Waals surface area contributed by atoms with Gasteiger partial charge in [0, 0.05) is 17.0 Å². The van der Waals surface area contributed by atoms with Crippen LogP contribution in [0.4, 0.5) is 0 Å². The molecule has 4 nitrogen and oxygen atoms in total. The van der Waals surface area contributed by atoms with Crippen LogP contribution in [0.5, 0.6) is 0 Å². The van der Waals surface area contributed by atoms with E-state index in [1.165, 1.54) is 16.5 Å². The average Bonchev–Trinajstić information content (AvgIpc) is 2.88. The van der Waals surface area contributed by atoms with E-state index < -0.39 is 0 Å². The molecule has 1 aliphatic heterocycles. The molecular weight excluding hydrogens is 272 g/mol. The molecule has 0 atom stereocenters. The summed E-state index contributed by atoms with van der Waals surface area (Å²) in [7, 11) is 0. The van der Waals surface area contributed by atoms with Crippen molar-refractivity contribution in [3.63, 3.8) is 0 Å². The van der Waals surface area contributed by atoms with Crippen LogP contribution in [-0.2, 0) is 5.41 Å². The number of rotatable bonds is 0. The van der Waals surface area contributed by atoms with Crippen LogP contribution >= 0.6 is 0 Å². The van der Waals surface area contributed by atoms with Crippen molar-refractivity contribution in [1.29, 1.82) is 0 Å². The quantitative estimate of drug-likeness (QED) is 0.496. The van der Waals surface area contributed by atoms with E-state index in [9.17, 15) is 0 Å². The molecule has 0 saturated carbocycles. The number of fused-ring (bicyclic) bond motifs is 5. The molecule has 4 heterocycles. The molecule has 0 saturated heterocycles. The fourth-order valence-corrected chi connectivity index (χ4v) is 3.73. The van der Waals surface area contributed by atoms with E-state index in [1.807, 2.05) is 18.5 Å². The Kier molecular flexibility index (Phi) is 2.00. The molecule has 0 unspecified atom stereocenters. The lowest BCUT2D eigenvalue weighted by molar-refractivity contribution is 0.602. The molecule has 0 radical (unpaired) electrons. The number of benzene rings is 1. The summed E-state index contributed by atoms with van der Waals surface area (Å²) in [5.74, 6) is 0. The highest BCUT2D eigenvalue weighted by Crippen LogP contribution is 2.45. The normalized spacial score (nSPS) is 15.2.